The molecule has 0 atom stereocenters. The second kappa shape index (κ2) is 2.49. The number of hydrogen-bond donors (Lipinski definition) is 0. The highest BCUT2D eigenvalue weighted by Gasteiger charge is 2.02. The number of hydrogen-bond acceptors (Lipinski definition) is 1. The Morgan fingerprint density at radius 1 is 1.33 bits per heavy atom. The Morgan fingerprint density at radius 2 is 2.08 bits per heavy atom. The van der Waals surface area contributed by atoms with Gasteiger partial charge in [-0.05, 0) is 37.6 Å². The van der Waals surface area contributed by atoms with E-state index in [1.807, 2.05) is 17.5 Å². The molecule has 0 bridgehead atoms. The number of nitrogens with zero attached hydrogens (tertiary/aromatic N) is 2. The lowest BCUT2D eigenvalue weighted by atomic mass is 10.3. The van der Waals surface area contributed by atoms with Gasteiger partial charge < -0.3 is 0 Å². The van der Waals surface area contributed by atoms with E-state index in [-0.39, 0.29) is 0 Å². The quantitative estimate of drug-likeness (QED) is 0.609. The molecule has 3 heteroatoms. The molecule has 0 N–H and O–H groups in total. The van der Waals surface area contributed by atoms with Crippen LogP contribution in [0.15, 0.2) is 18.2 Å². The monoisotopic (exact) mass is 180 g/mol. The summed E-state index contributed by atoms with van der Waals surface area (Å²) in [7, 11) is 0. The minimum absolute atomic E-state index is 0.529. The third-order valence-electron chi connectivity index (χ3n) is 2.08. The normalized spacial score (nSPS) is 10.9. The van der Waals surface area contributed by atoms with E-state index < -0.39 is 0 Å². The van der Waals surface area contributed by atoms with Gasteiger partial charge in [-0.2, -0.15) is 5.10 Å². The van der Waals surface area contributed by atoms with E-state index >= 15 is 0 Å². The maximum absolute atomic E-state index is 5.77. The first kappa shape index (κ1) is 7.62. The maximum Gasteiger partial charge on any atom is 0.150 e. The van der Waals surface area contributed by atoms with Gasteiger partial charge in [0.25, 0.3) is 0 Å². The van der Waals surface area contributed by atoms with Gasteiger partial charge in [-0.15, -0.1) is 0 Å². The van der Waals surface area contributed by atoms with Crippen molar-refractivity contribution in [1.82, 2.24) is 9.61 Å². The van der Waals surface area contributed by atoms with E-state index in [9.17, 15) is 0 Å². The summed E-state index contributed by atoms with van der Waals surface area (Å²) in [6.45, 7) is 4.10. The zero-order valence-corrected chi connectivity index (χ0v) is 7.76. The lowest BCUT2D eigenvalue weighted by Gasteiger charge is -1.96. The first-order valence-electron chi connectivity index (χ1n) is 3.80. The van der Waals surface area contributed by atoms with Crippen LogP contribution in [-0.4, -0.2) is 9.61 Å². The standard InChI is InChI=1S/C9H9ClN2/c1-6-5-8-3-4-9(10)11-12(8)7(6)2/h3-5H,1-2H3. The zero-order valence-electron chi connectivity index (χ0n) is 7.00. The van der Waals surface area contributed by atoms with Crippen LogP contribution in [0.5, 0.6) is 0 Å². The summed E-state index contributed by atoms with van der Waals surface area (Å²) in [6, 6.07) is 5.86. The molecule has 12 heavy (non-hydrogen) atoms. The number of aromatic nitrogens is 2. The molecule has 2 aromatic rings. The largest absolute Gasteiger partial charge is 0.236 e. The van der Waals surface area contributed by atoms with Gasteiger partial charge in [0, 0.05) is 5.69 Å². The number of rotatable bonds is 0. The minimum atomic E-state index is 0.529. The molecule has 2 heterocycles. The Kier molecular flexibility index (Phi) is 1.58. The molecular weight excluding hydrogens is 172 g/mol. The highest BCUT2D eigenvalue weighted by Crippen LogP contribution is 2.15. The number of halogens is 1. The van der Waals surface area contributed by atoms with Crippen molar-refractivity contribution < 1.29 is 0 Å². The maximum atomic E-state index is 5.77. The van der Waals surface area contributed by atoms with Crippen molar-refractivity contribution in [1.29, 1.82) is 0 Å². The molecule has 0 fully saturated rings. The van der Waals surface area contributed by atoms with Crippen LogP contribution in [0.3, 0.4) is 0 Å². The highest BCUT2D eigenvalue weighted by atomic mass is 35.5. The van der Waals surface area contributed by atoms with Crippen LogP contribution >= 0.6 is 11.6 Å². The van der Waals surface area contributed by atoms with Crippen molar-refractivity contribution in [2.24, 2.45) is 0 Å². The van der Waals surface area contributed by atoms with E-state index in [0.29, 0.717) is 5.15 Å². The van der Waals surface area contributed by atoms with Gasteiger partial charge in [-0.25, -0.2) is 4.52 Å². The Morgan fingerprint density at radius 3 is 2.83 bits per heavy atom. The van der Waals surface area contributed by atoms with Crippen LogP contribution in [0.1, 0.15) is 11.3 Å². The van der Waals surface area contributed by atoms with E-state index in [4.69, 9.17) is 11.6 Å². The summed E-state index contributed by atoms with van der Waals surface area (Å²) in [5.41, 5.74) is 3.48. The van der Waals surface area contributed by atoms with Gasteiger partial charge in [0.2, 0.25) is 0 Å². The lowest BCUT2D eigenvalue weighted by Crippen LogP contribution is -1.93. The van der Waals surface area contributed by atoms with Gasteiger partial charge in [0.1, 0.15) is 5.15 Å². The molecule has 2 rings (SSSR count). The minimum Gasteiger partial charge on any atom is -0.236 e. The van der Waals surface area contributed by atoms with Crippen LogP contribution in [-0.2, 0) is 0 Å². The van der Waals surface area contributed by atoms with Crippen molar-refractivity contribution in [2.75, 3.05) is 0 Å². The molecule has 0 aliphatic carbocycles. The number of fused-ring (bicyclic) bond motifs is 1. The SMILES string of the molecule is Cc1cc2ccc(Cl)nn2c1C. The Labute approximate surface area is 75.8 Å². The Hall–Kier alpha value is -1.02. The third-order valence-corrected chi connectivity index (χ3v) is 2.29. The predicted molar refractivity (Wildman–Crippen MR) is 49.7 cm³/mol. The second-order valence-corrected chi connectivity index (χ2v) is 3.29. The molecule has 0 aliphatic heterocycles. The molecule has 0 aliphatic rings. The first-order valence-corrected chi connectivity index (χ1v) is 4.18. The fourth-order valence-corrected chi connectivity index (χ4v) is 1.42. The van der Waals surface area contributed by atoms with E-state index in [2.05, 4.69) is 18.1 Å². The summed E-state index contributed by atoms with van der Waals surface area (Å²) in [4.78, 5) is 0. The molecule has 0 amide bonds. The van der Waals surface area contributed by atoms with Gasteiger partial charge in [-0.3, -0.25) is 0 Å². The Balaban J connectivity index is 2.88. The van der Waals surface area contributed by atoms with E-state index in [0.717, 1.165) is 11.2 Å². The van der Waals surface area contributed by atoms with Crippen molar-refractivity contribution in [3.63, 3.8) is 0 Å². The molecule has 0 radical (unpaired) electrons. The zero-order chi connectivity index (χ0) is 8.72. The molecule has 0 saturated carbocycles. The lowest BCUT2D eigenvalue weighted by molar-refractivity contribution is 0.897. The number of aryl methyl sites for hydroxylation is 2. The summed E-state index contributed by atoms with van der Waals surface area (Å²) in [5, 5.41) is 4.71. The smallest absolute Gasteiger partial charge is 0.150 e. The second-order valence-electron chi connectivity index (χ2n) is 2.91. The summed E-state index contributed by atoms with van der Waals surface area (Å²) >= 11 is 5.77. The van der Waals surface area contributed by atoms with Crippen LogP contribution in [0.2, 0.25) is 5.15 Å². The average molecular weight is 181 g/mol. The molecule has 62 valence electrons. The van der Waals surface area contributed by atoms with Gasteiger partial charge in [0.05, 0.1) is 5.52 Å². The van der Waals surface area contributed by atoms with E-state index in [1.165, 1.54) is 5.56 Å². The van der Waals surface area contributed by atoms with Crippen LogP contribution in [0.4, 0.5) is 0 Å². The van der Waals surface area contributed by atoms with E-state index in [1.54, 1.807) is 6.07 Å². The average Bonchev–Trinajstić information content (AvgIpc) is 2.31. The molecular formula is C9H9ClN2. The Bertz CT molecular complexity index is 431. The molecule has 0 saturated heterocycles. The molecule has 0 unspecified atom stereocenters. The summed E-state index contributed by atoms with van der Waals surface area (Å²) in [6.07, 6.45) is 0. The summed E-state index contributed by atoms with van der Waals surface area (Å²) < 4.78 is 1.86. The van der Waals surface area contributed by atoms with Gasteiger partial charge in [-0.1, -0.05) is 11.6 Å². The van der Waals surface area contributed by atoms with Gasteiger partial charge in [0.15, 0.2) is 0 Å². The van der Waals surface area contributed by atoms with Crippen molar-refractivity contribution in [3.05, 3.63) is 34.6 Å². The van der Waals surface area contributed by atoms with Crippen molar-refractivity contribution >= 4 is 17.1 Å². The van der Waals surface area contributed by atoms with Crippen LogP contribution < -0.4 is 0 Å². The highest BCUT2D eigenvalue weighted by molar-refractivity contribution is 6.29. The van der Waals surface area contributed by atoms with Crippen LogP contribution in [0, 0.1) is 13.8 Å². The summed E-state index contributed by atoms with van der Waals surface area (Å²) in [5.74, 6) is 0. The molecule has 2 aromatic heterocycles. The van der Waals surface area contributed by atoms with Gasteiger partial charge >= 0.3 is 0 Å². The first-order chi connectivity index (χ1) is 5.68. The molecule has 0 spiro atoms. The third kappa shape index (κ3) is 0.994. The molecule has 2 nitrogen and oxygen atoms in total. The predicted octanol–water partition coefficient (Wildman–Crippen LogP) is 2.60. The topological polar surface area (TPSA) is 17.3 Å². The fraction of sp³-hybridized carbons (Fsp3) is 0.222. The fourth-order valence-electron chi connectivity index (χ4n) is 1.28. The molecule has 0 aromatic carbocycles. The van der Waals surface area contributed by atoms with Crippen molar-refractivity contribution in [3.8, 4) is 0 Å². The van der Waals surface area contributed by atoms with Crippen LogP contribution in [0.25, 0.3) is 5.52 Å². The van der Waals surface area contributed by atoms with Crippen molar-refractivity contribution in [2.45, 2.75) is 13.8 Å².